The summed E-state index contributed by atoms with van der Waals surface area (Å²) in [6.07, 6.45) is 0.499. The van der Waals surface area contributed by atoms with Crippen molar-refractivity contribution < 1.29 is 29.0 Å². The number of aryl methyl sites for hydroxylation is 4. The van der Waals surface area contributed by atoms with Gasteiger partial charge in [0.2, 0.25) is 11.8 Å². The van der Waals surface area contributed by atoms with E-state index < -0.39 is 41.0 Å². The number of ketones is 1. The Morgan fingerprint density at radius 1 is 0.889 bits per heavy atom. The first-order chi connectivity index (χ1) is 21.2. The van der Waals surface area contributed by atoms with Crippen LogP contribution < -0.4 is 20.1 Å². The zero-order chi connectivity index (χ0) is 33.1. The summed E-state index contributed by atoms with van der Waals surface area (Å²) < 4.78 is 11.7. The van der Waals surface area contributed by atoms with Crippen molar-refractivity contribution in [2.75, 3.05) is 24.4 Å². The first-order valence-corrected chi connectivity index (χ1v) is 15.5. The van der Waals surface area contributed by atoms with E-state index in [0.29, 0.717) is 41.0 Å². The fourth-order valence-corrected chi connectivity index (χ4v) is 6.24. The smallest absolute Gasteiger partial charge is 0.235 e. The lowest BCUT2D eigenvalue weighted by molar-refractivity contribution is -0.150. The average molecular weight is 615 g/mol. The highest BCUT2D eigenvalue weighted by Gasteiger charge is 2.56. The number of anilines is 2. The molecule has 4 rings (SSSR count). The van der Waals surface area contributed by atoms with Crippen molar-refractivity contribution in [3.63, 3.8) is 0 Å². The molecule has 1 aliphatic carbocycles. The SMILES string of the molecule is COc1cc(C2C(C(=O)Nc3ccc(C)cc3C)C(=O)CC(C)(O)C2C(=O)Nc2ccc(C)cc2C)ccc1OCCC(C)C. The van der Waals surface area contributed by atoms with Crippen molar-refractivity contribution in [1.29, 1.82) is 0 Å². The van der Waals surface area contributed by atoms with Crippen LogP contribution in [0.1, 0.15) is 67.3 Å². The van der Waals surface area contributed by atoms with Gasteiger partial charge in [-0.3, -0.25) is 14.4 Å². The molecule has 0 bridgehead atoms. The molecule has 0 aromatic heterocycles. The van der Waals surface area contributed by atoms with Gasteiger partial charge in [-0.05, 0) is 87.9 Å². The molecule has 4 atom stereocenters. The van der Waals surface area contributed by atoms with Crippen LogP contribution in [0.3, 0.4) is 0 Å². The first kappa shape index (κ1) is 33.7. The molecule has 3 aromatic carbocycles. The maximum Gasteiger partial charge on any atom is 0.235 e. The largest absolute Gasteiger partial charge is 0.493 e. The standard InChI is InChI=1S/C37H46N2O6/c1-21(2)15-16-45-30-14-11-26(19-31(30)44-8)32-33(35(41)38-27-12-9-22(3)17-24(27)5)29(40)20-37(7,43)34(32)36(42)39-28-13-10-23(4)18-25(28)6/h9-14,17-19,21,32-34,43H,15-16,20H2,1-8H3,(H,38,41)(H,39,42). The fourth-order valence-electron chi connectivity index (χ4n) is 6.24. The van der Waals surface area contributed by atoms with Crippen LogP contribution in [-0.2, 0) is 14.4 Å². The normalized spacial score (nSPS) is 21.4. The Balaban J connectivity index is 1.81. The lowest BCUT2D eigenvalue weighted by Crippen LogP contribution is -2.56. The molecule has 0 saturated heterocycles. The predicted molar refractivity (Wildman–Crippen MR) is 177 cm³/mol. The Hall–Kier alpha value is -4.17. The summed E-state index contributed by atoms with van der Waals surface area (Å²) in [4.78, 5) is 42.0. The maximum absolute atomic E-state index is 14.2. The van der Waals surface area contributed by atoms with Crippen LogP contribution >= 0.6 is 0 Å². The molecular formula is C37H46N2O6. The number of benzene rings is 3. The molecule has 1 saturated carbocycles. The first-order valence-electron chi connectivity index (χ1n) is 15.5. The Kier molecular flexibility index (Phi) is 10.4. The van der Waals surface area contributed by atoms with Gasteiger partial charge in [0.25, 0.3) is 0 Å². The second-order valence-electron chi connectivity index (χ2n) is 13.0. The zero-order valence-electron chi connectivity index (χ0n) is 27.6. The van der Waals surface area contributed by atoms with E-state index in [0.717, 1.165) is 28.7 Å². The Labute approximate surface area is 266 Å². The molecule has 3 N–H and O–H groups in total. The van der Waals surface area contributed by atoms with Gasteiger partial charge < -0.3 is 25.2 Å². The molecule has 0 radical (unpaired) electrons. The maximum atomic E-state index is 14.2. The number of carbonyl (C=O) groups is 3. The van der Waals surface area contributed by atoms with Gasteiger partial charge in [-0.15, -0.1) is 0 Å². The number of hydrogen-bond acceptors (Lipinski definition) is 6. The van der Waals surface area contributed by atoms with E-state index in [1.54, 1.807) is 24.3 Å². The summed E-state index contributed by atoms with van der Waals surface area (Å²) in [6, 6.07) is 16.5. The third-order valence-electron chi connectivity index (χ3n) is 8.64. The highest BCUT2D eigenvalue weighted by atomic mass is 16.5. The number of methoxy groups -OCH3 is 1. The van der Waals surface area contributed by atoms with Crippen LogP contribution in [0.2, 0.25) is 0 Å². The molecule has 8 heteroatoms. The lowest BCUT2D eigenvalue weighted by atomic mass is 9.61. The number of ether oxygens (including phenoxy) is 2. The number of amides is 2. The molecule has 240 valence electrons. The number of nitrogens with one attached hydrogen (secondary N) is 2. The molecule has 3 aromatic rings. The second kappa shape index (κ2) is 13.9. The molecular weight excluding hydrogens is 568 g/mol. The van der Waals surface area contributed by atoms with Gasteiger partial charge in [0.1, 0.15) is 11.7 Å². The highest BCUT2D eigenvalue weighted by Crippen LogP contribution is 2.48. The number of rotatable bonds is 10. The van der Waals surface area contributed by atoms with Crippen molar-refractivity contribution in [2.45, 2.75) is 72.8 Å². The monoisotopic (exact) mass is 614 g/mol. The minimum Gasteiger partial charge on any atom is -0.493 e. The molecule has 8 nitrogen and oxygen atoms in total. The summed E-state index contributed by atoms with van der Waals surface area (Å²) >= 11 is 0. The van der Waals surface area contributed by atoms with E-state index in [1.165, 1.54) is 14.0 Å². The van der Waals surface area contributed by atoms with Crippen molar-refractivity contribution in [2.24, 2.45) is 17.8 Å². The highest BCUT2D eigenvalue weighted by molar-refractivity contribution is 6.10. The van der Waals surface area contributed by atoms with Crippen LogP contribution in [0.4, 0.5) is 11.4 Å². The van der Waals surface area contributed by atoms with E-state index in [-0.39, 0.29) is 6.42 Å². The average Bonchev–Trinajstić information content (AvgIpc) is 2.95. The molecule has 0 spiro atoms. The molecule has 0 aliphatic heterocycles. The van der Waals surface area contributed by atoms with Crippen LogP contribution in [0.5, 0.6) is 11.5 Å². The third-order valence-corrected chi connectivity index (χ3v) is 8.64. The Morgan fingerprint density at radius 2 is 1.47 bits per heavy atom. The Morgan fingerprint density at radius 3 is 2.00 bits per heavy atom. The number of carbonyl (C=O) groups excluding carboxylic acids is 3. The van der Waals surface area contributed by atoms with Crippen molar-refractivity contribution in [1.82, 2.24) is 0 Å². The van der Waals surface area contributed by atoms with Gasteiger partial charge in [0.05, 0.1) is 25.2 Å². The van der Waals surface area contributed by atoms with Gasteiger partial charge in [-0.25, -0.2) is 0 Å². The van der Waals surface area contributed by atoms with Gasteiger partial charge in [-0.1, -0.05) is 55.3 Å². The van der Waals surface area contributed by atoms with Gasteiger partial charge in [0.15, 0.2) is 11.5 Å². The second-order valence-corrected chi connectivity index (χ2v) is 13.0. The quantitative estimate of drug-likeness (QED) is 0.220. The van der Waals surface area contributed by atoms with E-state index in [9.17, 15) is 19.5 Å². The lowest BCUT2D eigenvalue weighted by Gasteiger charge is -2.44. The number of Topliss-reactive ketones (excluding diaryl/α,β-unsaturated/α-hetero) is 1. The van der Waals surface area contributed by atoms with Crippen LogP contribution in [-0.4, -0.2) is 42.0 Å². The van der Waals surface area contributed by atoms with E-state index in [1.807, 2.05) is 58.0 Å². The van der Waals surface area contributed by atoms with Crippen LogP contribution in [0.15, 0.2) is 54.6 Å². The van der Waals surface area contributed by atoms with Crippen LogP contribution in [0, 0.1) is 45.4 Å². The Bertz CT molecular complexity index is 1580. The molecule has 2 amide bonds. The van der Waals surface area contributed by atoms with Crippen molar-refractivity contribution >= 4 is 29.0 Å². The van der Waals surface area contributed by atoms with Crippen LogP contribution in [0.25, 0.3) is 0 Å². The zero-order valence-corrected chi connectivity index (χ0v) is 27.6. The summed E-state index contributed by atoms with van der Waals surface area (Å²) in [5, 5.41) is 17.7. The topological polar surface area (TPSA) is 114 Å². The van der Waals surface area contributed by atoms with Crippen molar-refractivity contribution in [3.8, 4) is 11.5 Å². The minimum atomic E-state index is -1.74. The molecule has 4 unspecified atom stereocenters. The summed E-state index contributed by atoms with van der Waals surface area (Å²) in [5.41, 5.74) is 3.75. The fraction of sp³-hybridized carbons (Fsp3) is 0.432. The molecule has 45 heavy (non-hydrogen) atoms. The summed E-state index contributed by atoms with van der Waals surface area (Å²) in [5.74, 6) is -3.48. The molecule has 1 aliphatic rings. The molecule has 0 heterocycles. The van der Waals surface area contributed by atoms with Gasteiger partial charge in [-0.2, -0.15) is 0 Å². The van der Waals surface area contributed by atoms with Crippen molar-refractivity contribution in [3.05, 3.63) is 82.4 Å². The minimum absolute atomic E-state index is 0.354. The number of aliphatic hydroxyl groups is 1. The third kappa shape index (κ3) is 7.74. The van der Waals surface area contributed by atoms with E-state index in [2.05, 4.69) is 24.5 Å². The molecule has 1 fully saturated rings. The van der Waals surface area contributed by atoms with E-state index in [4.69, 9.17) is 9.47 Å². The van der Waals surface area contributed by atoms with Gasteiger partial charge in [0, 0.05) is 23.7 Å². The summed E-state index contributed by atoms with van der Waals surface area (Å²) in [6.45, 7) is 13.9. The van der Waals surface area contributed by atoms with E-state index >= 15 is 0 Å². The number of hydrogen-bond donors (Lipinski definition) is 3. The summed E-state index contributed by atoms with van der Waals surface area (Å²) in [7, 11) is 1.52. The predicted octanol–water partition coefficient (Wildman–Crippen LogP) is 6.67. The van der Waals surface area contributed by atoms with Gasteiger partial charge >= 0.3 is 0 Å².